The van der Waals surface area contributed by atoms with Gasteiger partial charge in [-0.15, -0.1) is 0 Å². The molecule has 17 heteroatoms. The predicted molar refractivity (Wildman–Crippen MR) is 202 cm³/mol. The number of esters is 1. The van der Waals surface area contributed by atoms with Crippen molar-refractivity contribution in [3.8, 4) is 0 Å². The summed E-state index contributed by atoms with van der Waals surface area (Å²) in [6.07, 6.45) is 0.993. The molecule has 2 heterocycles. The molecular formula is C37H45N7O9S. The van der Waals surface area contributed by atoms with Gasteiger partial charge in [0.2, 0.25) is 16.0 Å². The molecule has 54 heavy (non-hydrogen) atoms. The minimum absolute atomic E-state index is 0.0417. The van der Waals surface area contributed by atoms with Crippen molar-refractivity contribution >= 4 is 56.3 Å². The first-order valence-corrected chi connectivity index (χ1v) is 18.9. The maximum Gasteiger partial charge on any atom is 0.421 e. The quantitative estimate of drug-likeness (QED) is 0.102. The minimum Gasteiger partial charge on any atom is -0.459 e. The highest BCUT2D eigenvalue weighted by Crippen LogP contribution is 2.26. The third-order valence-electron chi connectivity index (χ3n) is 8.27. The molecule has 1 aliphatic rings. The Labute approximate surface area is 313 Å². The van der Waals surface area contributed by atoms with Gasteiger partial charge in [-0.2, -0.15) is 4.72 Å². The van der Waals surface area contributed by atoms with Crippen LogP contribution >= 0.6 is 0 Å². The number of nitrogens with zero attached hydrogens (tertiary/aromatic N) is 4. The van der Waals surface area contributed by atoms with Gasteiger partial charge in [0.1, 0.15) is 17.2 Å². The number of ether oxygens (including phenoxy) is 2. The van der Waals surface area contributed by atoms with Crippen molar-refractivity contribution in [3.05, 3.63) is 88.5 Å². The third-order valence-corrected chi connectivity index (χ3v) is 9.76. The van der Waals surface area contributed by atoms with E-state index in [0.29, 0.717) is 30.1 Å². The normalized spacial score (nSPS) is 14.7. The maximum absolute atomic E-state index is 13.2. The smallest absolute Gasteiger partial charge is 0.421 e. The molecule has 0 bridgehead atoms. The zero-order valence-corrected chi connectivity index (χ0v) is 31.8. The number of sulfonamides is 1. The fraction of sp³-hybridized carbons (Fsp3) is 0.405. The van der Waals surface area contributed by atoms with Crippen LogP contribution in [-0.4, -0.2) is 83.8 Å². The van der Waals surface area contributed by atoms with Gasteiger partial charge in [-0.3, -0.25) is 19.7 Å². The summed E-state index contributed by atoms with van der Waals surface area (Å²) < 4.78 is 41.0. The second-order valence-corrected chi connectivity index (χ2v) is 16.6. The summed E-state index contributed by atoms with van der Waals surface area (Å²) in [5.74, 6) is -1.03. The van der Waals surface area contributed by atoms with E-state index in [1.807, 2.05) is 57.2 Å². The number of non-ortho nitro benzene ring substituents is 1. The summed E-state index contributed by atoms with van der Waals surface area (Å²) in [4.78, 5) is 56.2. The van der Waals surface area contributed by atoms with Crippen molar-refractivity contribution in [1.29, 1.82) is 0 Å². The van der Waals surface area contributed by atoms with Crippen LogP contribution in [0.5, 0.6) is 0 Å². The number of carbonyl (C=O) groups excluding carboxylic acids is 3. The standard InChI is InChI=1S/C37H45N7O9S/c1-36(2,3)52-33(46)30(41-54(50,51)28-17-15-27(16-18-28)44(48)49)23-38-32(45)24-11-13-26(14-12-24)42-21-19-25(20-22-42)39-34-40-29-9-7-8-10-31(29)43(34)35(47)53-37(4,5)6/h7-18,25,30,41H,19-23H2,1-6H3,(H,38,45)(H,39,40)/t30-/m0/s1. The first-order valence-electron chi connectivity index (χ1n) is 17.4. The first kappa shape index (κ1) is 39.7. The summed E-state index contributed by atoms with van der Waals surface area (Å²) in [5.41, 5.74) is 0.590. The molecule has 16 nitrogen and oxygen atoms in total. The molecule has 1 amide bonds. The van der Waals surface area contributed by atoms with Gasteiger partial charge in [0.15, 0.2) is 0 Å². The molecule has 0 aliphatic carbocycles. The average molecular weight is 764 g/mol. The van der Waals surface area contributed by atoms with Gasteiger partial charge in [0.25, 0.3) is 11.6 Å². The first-order chi connectivity index (χ1) is 25.3. The van der Waals surface area contributed by atoms with E-state index in [1.165, 1.54) is 4.57 Å². The van der Waals surface area contributed by atoms with Crippen molar-refractivity contribution < 1.29 is 37.2 Å². The largest absolute Gasteiger partial charge is 0.459 e. The van der Waals surface area contributed by atoms with Crippen LogP contribution in [0.25, 0.3) is 11.0 Å². The van der Waals surface area contributed by atoms with E-state index in [-0.39, 0.29) is 22.2 Å². The number of hydrogen-bond donors (Lipinski definition) is 3. The van der Waals surface area contributed by atoms with Gasteiger partial charge < -0.3 is 25.0 Å². The maximum atomic E-state index is 13.2. The van der Waals surface area contributed by atoms with Gasteiger partial charge in [0.05, 0.1) is 20.9 Å². The Kier molecular flexibility index (Phi) is 11.6. The van der Waals surface area contributed by atoms with Crippen molar-refractivity contribution in [2.24, 2.45) is 0 Å². The lowest BCUT2D eigenvalue weighted by atomic mass is 10.0. The number of nitro groups is 1. The SMILES string of the molecule is CC(C)(C)OC(=O)[C@H](CNC(=O)c1ccc(N2CCC(Nc3nc4ccccc4n3C(=O)OC(C)(C)C)CC2)cc1)NS(=O)(=O)c1ccc([N+](=O)[O-])cc1. The third kappa shape index (κ3) is 10.1. The van der Waals surface area contributed by atoms with Crippen LogP contribution in [0.4, 0.5) is 22.1 Å². The number of nitro benzene ring substituents is 1. The monoisotopic (exact) mass is 763 g/mol. The van der Waals surface area contributed by atoms with E-state index < -0.39 is 56.7 Å². The molecule has 0 spiro atoms. The average Bonchev–Trinajstić information content (AvgIpc) is 3.47. The van der Waals surface area contributed by atoms with Gasteiger partial charge in [-0.25, -0.2) is 22.8 Å². The van der Waals surface area contributed by atoms with E-state index in [4.69, 9.17) is 9.47 Å². The van der Waals surface area contributed by atoms with Crippen LogP contribution in [0, 0.1) is 10.1 Å². The number of fused-ring (bicyclic) bond motifs is 1. The second-order valence-electron chi connectivity index (χ2n) is 14.9. The fourth-order valence-electron chi connectivity index (χ4n) is 5.75. The van der Waals surface area contributed by atoms with Gasteiger partial charge >= 0.3 is 12.1 Å². The Morgan fingerprint density at radius 1 is 0.907 bits per heavy atom. The van der Waals surface area contributed by atoms with E-state index in [1.54, 1.807) is 32.9 Å². The molecule has 0 radical (unpaired) electrons. The summed E-state index contributed by atoms with van der Waals surface area (Å²) in [7, 11) is -4.33. The highest BCUT2D eigenvalue weighted by Gasteiger charge is 2.31. The molecule has 1 atom stereocenters. The molecule has 5 rings (SSSR count). The Hall–Kier alpha value is -5.55. The number of nitrogens with one attached hydrogen (secondary N) is 3. The van der Waals surface area contributed by atoms with Crippen LogP contribution in [0.15, 0.2) is 77.7 Å². The minimum atomic E-state index is -4.33. The molecular weight excluding hydrogens is 719 g/mol. The highest BCUT2D eigenvalue weighted by molar-refractivity contribution is 7.89. The Balaban J connectivity index is 1.20. The molecule has 1 aliphatic heterocycles. The Morgan fingerprint density at radius 3 is 2.11 bits per heavy atom. The van der Waals surface area contributed by atoms with E-state index in [0.717, 1.165) is 42.8 Å². The van der Waals surface area contributed by atoms with Crippen LogP contribution in [-0.2, 0) is 24.3 Å². The molecule has 1 fully saturated rings. The van der Waals surface area contributed by atoms with Crippen molar-refractivity contribution in [2.45, 2.75) is 82.6 Å². The number of imidazole rings is 1. The highest BCUT2D eigenvalue weighted by atomic mass is 32.2. The number of hydrogen-bond acceptors (Lipinski definition) is 12. The zero-order chi connectivity index (χ0) is 39.4. The number of piperidine rings is 1. The van der Waals surface area contributed by atoms with Crippen LogP contribution < -0.4 is 20.3 Å². The van der Waals surface area contributed by atoms with Gasteiger partial charge in [-0.05, 0) is 103 Å². The van der Waals surface area contributed by atoms with Crippen LogP contribution in [0.1, 0.15) is 64.7 Å². The molecule has 3 N–H and O–H groups in total. The van der Waals surface area contributed by atoms with Crippen molar-refractivity contribution in [3.63, 3.8) is 0 Å². The Morgan fingerprint density at radius 2 is 1.52 bits per heavy atom. The second kappa shape index (κ2) is 15.8. The molecule has 1 saturated heterocycles. The van der Waals surface area contributed by atoms with Gasteiger partial charge in [0, 0.05) is 49.1 Å². The molecule has 288 valence electrons. The molecule has 3 aromatic carbocycles. The molecule has 0 saturated carbocycles. The van der Waals surface area contributed by atoms with E-state index in [2.05, 4.69) is 25.2 Å². The molecule has 1 aromatic heterocycles. The van der Waals surface area contributed by atoms with Crippen molar-refractivity contribution in [1.82, 2.24) is 19.6 Å². The van der Waals surface area contributed by atoms with E-state index in [9.17, 15) is 32.9 Å². The topological polar surface area (TPSA) is 204 Å². The van der Waals surface area contributed by atoms with Crippen molar-refractivity contribution in [2.75, 3.05) is 29.9 Å². The van der Waals surface area contributed by atoms with E-state index >= 15 is 0 Å². The number of amides is 1. The number of rotatable bonds is 11. The van der Waals surface area contributed by atoms with Crippen LogP contribution in [0.2, 0.25) is 0 Å². The predicted octanol–water partition coefficient (Wildman–Crippen LogP) is 5.23. The number of carbonyl (C=O) groups is 3. The Bertz CT molecular complexity index is 2110. The van der Waals surface area contributed by atoms with Crippen LogP contribution in [0.3, 0.4) is 0 Å². The molecule has 4 aromatic rings. The number of para-hydroxylation sites is 2. The fourth-order valence-corrected chi connectivity index (χ4v) is 6.93. The number of aromatic nitrogens is 2. The lowest BCUT2D eigenvalue weighted by molar-refractivity contribution is -0.384. The summed E-state index contributed by atoms with van der Waals surface area (Å²) >= 11 is 0. The number of benzene rings is 3. The molecule has 0 unspecified atom stereocenters. The lowest BCUT2D eigenvalue weighted by Gasteiger charge is -2.34. The number of anilines is 2. The zero-order valence-electron chi connectivity index (χ0n) is 31.0. The summed E-state index contributed by atoms with van der Waals surface area (Å²) in [5, 5.41) is 17.0. The lowest BCUT2D eigenvalue weighted by Crippen LogP contribution is -2.50. The summed E-state index contributed by atoms with van der Waals surface area (Å²) in [6.45, 7) is 11.3. The summed E-state index contributed by atoms with van der Waals surface area (Å²) in [6, 6.07) is 17.0. The van der Waals surface area contributed by atoms with Gasteiger partial charge in [-0.1, -0.05) is 12.1 Å².